The standard InChI is InChI=1S/C12H22N2O3/c1-2-10-9-16-6-4-14(10)12(15)7-11-8-13-3-5-17-11/h10-11,13H,2-9H2,1H3. The van der Waals surface area contributed by atoms with Gasteiger partial charge in [-0.2, -0.15) is 0 Å². The number of carbonyl (C=O) groups excluding carboxylic acids is 1. The van der Waals surface area contributed by atoms with Crippen molar-refractivity contribution in [1.82, 2.24) is 10.2 Å². The number of nitrogens with zero attached hydrogens (tertiary/aromatic N) is 1. The smallest absolute Gasteiger partial charge is 0.225 e. The number of nitrogens with one attached hydrogen (secondary N) is 1. The number of hydrogen-bond donors (Lipinski definition) is 1. The van der Waals surface area contributed by atoms with Gasteiger partial charge in [-0.1, -0.05) is 6.92 Å². The van der Waals surface area contributed by atoms with E-state index in [4.69, 9.17) is 9.47 Å². The van der Waals surface area contributed by atoms with E-state index in [2.05, 4.69) is 12.2 Å². The zero-order valence-corrected chi connectivity index (χ0v) is 10.5. The normalized spacial score (nSPS) is 30.3. The molecule has 1 N–H and O–H groups in total. The molecule has 0 aromatic rings. The number of morpholine rings is 2. The third-order valence-electron chi connectivity index (χ3n) is 3.43. The first kappa shape index (κ1) is 12.8. The fourth-order valence-corrected chi connectivity index (χ4v) is 2.38. The van der Waals surface area contributed by atoms with E-state index in [9.17, 15) is 4.79 Å². The van der Waals surface area contributed by atoms with E-state index in [1.165, 1.54) is 0 Å². The van der Waals surface area contributed by atoms with Crippen LogP contribution in [0, 0.1) is 0 Å². The van der Waals surface area contributed by atoms with Crippen molar-refractivity contribution in [2.45, 2.75) is 31.9 Å². The summed E-state index contributed by atoms with van der Waals surface area (Å²) in [5.41, 5.74) is 0. The molecule has 1 amide bonds. The first-order valence-corrected chi connectivity index (χ1v) is 6.50. The van der Waals surface area contributed by atoms with Crippen molar-refractivity contribution < 1.29 is 14.3 Å². The minimum Gasteiger partial charge on any atom is -0.377 e. The molecule has 0 aliphatic carbocycles. The summed E-state index contributed by atoms with van der Waals surface area (Å²) in [7, 11) is 0. The van der Waals surface area contributed by atoms with Crippen molar-refractivity contribution in [3.8, 4) is 0 Å². The van der Waals surface area contributed by atoms with Crippen molar-refractivity contribution in [2.24, 2.45) is 0 Å². The minimum atomic E-state index is 0.0385. The lowest BCUT2D eigenvalue weighted by Gasteiger charge is -2.36. The number of hydrogen-bond acceptors (Lipinski definition) is 4. The highest BCUT2D eigenvalue weighted by Gasteiger charge is 2.28. The van der Waals surface area contributed by atoms with Crippen LogP contribution in [-0.4, -0.2) is 62.4 Å². The molecule has 2 heterocycles. The monoisotopic (exact) mass is 242 g/mol. The van der Waals surface area contributed by atoms with Crippen molar-refractivity contribution in [3.05, 3.63) is 0 Å². The van der Waals surface area contributed by atoms with Gasteiger partial charge in [0, 0.05) is 19.6 Å². The van der Waals surface area contributed by atoms with E-state index < -0.39 is 0 Å². The van der Waals surface area contributed by atoms with Gasteiger partial charge in [0.05, 0.1) is 38.4 Å². The molecule has 0 saturated carbocycles. The van der Waals surface area contributed by atoms with Crippen LogP contribution in [0.3, 0.4) is 0 Å². The second-order valence-corrected chi connectivity index (χ2v) is 4.63. The Morgan fingerprint density at radius 3 is 3.06 bits per heavy atom. The summed E-state index contributed by atoms with van der Waals surface area (Å²) in [4.78, 5) is 14.2. The summed E-state index contributed by atoms with van der Waals surface area (Å²) in [5, 5.41) is 3.25. The average molecular weight is 242 g/mol. The number of carbonyl (C=O) groups is 1. The predicted octanol–water partition coefficient (Wildman–Crippen LogP) is 0.00230. The predicted molar refractivity (Wildman–Crippen MR) is 63.8 cm³/mol. The topological polar surface area (TPSA) is 50.8 Å². The fourth-order valence-electron chi connectivity index (χ4n) is 2.38. The van der Waals surface area contributed by atoms with Gasteiger partial charge in [0.2, 0.25) is 5.91 Å². The molecular formula is C12H22N2O3. The Labute approximate surface area is 102 Å². The number of rotatable bonds is 3. The van der Waals surface area contributed by atoms with Crippen LogP contribution in [-0.2, 0) is 14.3 Å². The lowest BCUT2D eigenvalue weighted by molar-refractivity contribution is -0.143. The van der Waals surface area contributed by atoms with Gasteiger partial charge in [-0.3, -0.25) is 4.79 Å². The van der Waals surface area contributed by atoms with Crippen LogP contribution in [0.1, 0.15) is 19.8 Å². The summed E-state index contributed by atoms with van der Waals surface area (Å²) >= 11 is 0. The van der Waals surface area contributed by atoms with Crippen LogP contribution < -0.4 is 5.32 Å². The minimum absolute atomic E-state index is 0.0385. The highest BCUT2D eigenvalue weighted by Crippen LogP contribution is 2.13. The largest absolute Gasteiger partial charge is 0.377 e. The first-order chi connectivity index (χ1) is 8.31. The molecule has 5 nitrogen and oxygen atoms in total. The highest BCUT2D eigenvalue weighted by atomic mass is 16.5. The van der Waals surface area contributed by atoms with Gasteiger partial charge in [-0.05, 0) is 6.42 Å². The molecular weight excluding hydrogens is 220 g/mol. The molecule has 17 heavy (non-hydrogen) atoms. The van der Waals surface area contributed by atoms with Crippen LogP contribution >= 0.6 is 0 Å². The van der Waals surface area contributed by atoms with Crippen LogP contribution in [0.2, 0.25) is 0 Å². The zero-order valence-electron chi connectivity index (χ0n) is 10.5. The second kappa shape index (κ2) is 6.33. The molecule has 2 aliphatic heterocycles. The van der Waals surface area contributed by atoms with Crippen molar-refractivity contribution >= 4 is 5.91 Å². The fraction of sp³-hybridized carbons (Fsp3) is 0.917. The number of amides is 1. The molecule has 2 saturated heterocycles. The van der Waals surface area contributed by atoms with E-state index >= 15 is 0 Å². The molecule has 2 unspecified atom stereocenters. The zero-order chi connectivity index (χ0) is 12.1. The Kier molecular flexibility index (Phi) is 4.76. The Balaban J connectivity index is 1.84. The van der Waals surface area contributed by atoms with E-state index in [-0.39, 0.29) is 18.1 Å². The molecule has 2 rings (SSSR count). The quantitative estimate of drug-likeness (QED) is 0.757. The highest BCUT2D eigenvalue weighted by molar-refractivity contribution is 5.77. The molecule has 0 spiro atoms. The van der Waals surface area contributed by atoms with Crippen molar-refractivity contribution in [2.75, 3.05) is 39.5 Å². The maximum atomic E-state index is 12.2. The lowest BCUT2D eigenvalue weighted by atomic mass is 10.1. The summed E-state index contributed by atoms with van der Waals surface area (Å²) in [6.45, 7) is 6.53. The molecule has 0 bridgehead atoms. The maximum absolute atomic E-state index is 12.2. The van der Waals surface area contributed by atoms with Crippen molar-refractivity contribution in [1.29, 1.82) is 0 Å². The Morgan fingerprint density at radius 2 is 2.35 bits per heavy atom. The molecule has 0 radical (unpaired) electrons. The SMILES string of the molecule is CCC1COCCN1C(=O)CC1CNCCO1. The van der Waals surface area contributed by atoms with E-state index in [0.717, 1.165) is 26.1 Å². The maximum Gasteiger partial charge on any atom is 0.225 e. The molecule has 98 valence electrons. The van der Waals surface area contributed by atoms with Gasteiger partial charge in [-0.15, -0.1) is 0 Å². The Bertz CT molecular complexity index is 254. The van der Waals surface area contributed by atoms with E-state index in [0.29, 0.717) is 26.2 Å². The Hall–Kier alpha value is -0.650. The molecule has 2 atom stereocenters. The van der Waals surface area contributed by atoms with Gasteiger partial charge in [-0.25, -0.2) is 0 Å². The molecule has 5 heteroatoms. The summed E-state index contributed by atoms with van der Waals surface area (Å²) in [6.07, 6.45) is 1.48. The van der Waals surface area contributed by atoms with E-state index in [1.807, 2.05) is 4.90 Å². The van der Waals surface area contributed by atoms with Gasteiger partial charge < -0.3 is 19.7 Å². The van der Waals surface area contributed by atoms with Crippen molar-refractivity contribution in [3.63, 3.8) is 0 Å². The Morgan fingerprint density at radius 1 is 1.47 bits per heavy atom. The van der Waals surface area contributed by atoms with Gasteiger partial charge in [0.25, 0.3) is 0 Å². The molecule has 2 aliphatic rings. The third-order valence-corrected chi connectivity index (χ3v) is 3.43. The molecule has 0 aromatic carbocycles. The van der Waals surface area contributed by atoms with Gasteiger partial charge in [0.1, 0.15) is 0 Å². The first-order valence-electron chi connectivity index (χ1n) is 6.50. The summed E-state index contributed by atoms with van der Waals surface area (Å²) in [5.74, 6) is 0.203. The lowest BCUT2D eigenvalue weighted by Crippen LogP contribution is -2.50. The summed E-state index contributed by atoms with van der Waals surface area (Å²) < 4.78 is 11.0. The van der Waals surface area contributed by atoms with Crippen LogP contribution in [0.5, 0.6) is 0 Å². The van der Waals surface area contributed by atoms with E-state index in [1.54, 1.807) is 0 Å². The second-order valence-electron chi connectivity index (χ2n) is 4.63. The van der Waals surface area contributed by atoms with Gasteiger partial charge >= 0.3 is 0 Å². The van der Waals surface area contributed by atoms with Crippen LogP contribution in [0.15, 0.2) is 0 Å². The van der Waals surface area contributed by atoms with Crippen LogP contribution in [0.4, 0.5) is 0 Å². The van der Waals surface area contributed by atoms with Gasteiger partial charge in [0.15, 0.2) is 0 Å². The third kappa shape index (κ3) is 3.40. The molecule has 2 fully saturated rings. The average Bonchev–Trinajstić information content (AvgIpc) is 2.40. The number of ether oxygens (including phenoxy) is 2. The summed E-state index contributed by atoms with van der Waals surface area (Å²) in [6, 6.07) is 0.243. The molecule has 0 aromatic heterocycles. The van der Waals surface area contributed by atoms with Crippen LogP contribution in [0.25, 0.3) is 0 Å².